The maximum Gasteiger partial charge on any atom is 0.264 e. The summed E-state index contributed by atoms with van der Waals surface area (Å²) in [5.74, 6) is 6.48. The molecule has 0 aliphatic carbocycles. The average Bonchev–Trinajstić information content (AvgIpc) is 2.82. The van der Waals surface area contributed by atoms with Crippen LogP contribution in [0.5, 0.6) is 0 Å². The van der Waals surface area contributed by atoms with Gasteiger partial charge >= 0.3 is 0 Å². The topological polar surface area (TPSA) is 174 Å². The number of amidine groups is 1. The van der Waals surface area contributed by atoms with Gasteiger partial charge in [0, 0.05) is 33.0 Å². The van der Waals surface area contributed by atoms with Crippen molar-refractivity contribution in [2.45, 2.75) is 79.8 Å². The summed E-state index contributed by atoms with van der Waals surface area (Å²) in [7, 11) is 4.55. The molecule has 0 aromatic heterocycles. The third-order valence-electron chi connectivity index (χ3n) is 5.95. The van der Waals surface area contributed by atoms with Crippen LogP contribution < -0.4 is 44.1 Å². The van der Waals surface area contributed by atoms with Gasteiger partial charge in [-0.1, -0.05) is 50.6 Å². The van der Waals surface area contributed by atoms with Gasteiger partial charge < -0.3 is 22.8 Å². The fraction of sp³-hybridized carbons (Fsp3) is 0.810. The number of hydrazone groups is 1. The van der Waals surface area contributed by atoms with Gasteiger partial charge in [0.15, 0.2) is 0 Å². The number of aliphatic hydroxyl groups is 1. The number of nitrogens with one attached hydrogen (secondary N) is 4. The van der Waals surface area contributed by atoms with Gasteiger partial charge in [0.2, 0.25) is 16.1 Å². The number of aliphatic hydroxyl groups excluding tert-OH is 1. The van der Waals surface area contributed by atoms with Gasteiger partial charge in [0.05, 0.1) is 12.5 Å². The molecule has 0 rings (SSSR count). The lowest BCUT2D eigenvalue weighted by Crippen LogP contribution is -3.00. The Kier molecular flexibility index (Phi) is 18.5. The highest BCUT2D eigenvalue weighted by atomic mass is 35.5. The molecule has 0 saturated carbocycles. The van der Waals surface area contributed by atoms with Crippen LogP contribution in [0.2, 0.25) is 0 Å². The molecule has 0 aromatic rings. The highest BCUT2D eigenvalue weighted by Crippen LogP contribution is 2.46. The fourth-order valence-corrected chi connectivity index (χ4v) is 7.58. The van der Waals surface area contributed by atoms with Gasteiger partial charge in [-0.25, -0.2) is 4.83 Å². The van der Waals surface area contributed by atoms with Crippen molar-refractivity contribution in [3.8, 4) is 0 Å². The van der Waals surface area contributed by atoms with E-state index < -0.39 is 42.9 Å². The van der Waals surface area contributed by atoms with Crippen molar-refractivity contribution in [1.29, 1.82) is 0 Å². The van der Waals surface area contributed by atoms with Crippen LogP contribution in [0.15, 0.2) is 0 Å². The third-order valence-corrected chi connectivity index (χ3v) is 10.4. The first-order valence-corrected chi connectivity index (χ1v) is 17.2. The summed E-state index contributed by atoms with van der Waals surface area (Å²) in [5, 5.41) is 14.8. The van der Waals surface area contributed by atoms with Crippen LogP contribution in [0.4, 0.5) is 0 Å². The van der Waals surface area contributed by atoms with E-state index in [-0.39, 0.29) is 47.9 Å². The molecular weight excluding hydrogens is 594 g/mol. The van der Waals surface area contributed by atoms with Crippen molar-refractivity contribution in [2.75, 3.05) is 12.3 Å². The molecule has 0 aromatic carbocycles. The number of hydrogen-bond acceptors (Lipinski definition) is 6. The Bertz CT molecular complexity index is 881. The SMILES string of the molecule is CCC(C)(CC(C)(CC(C)(C)C(=O)S(=P)N[NH+]=C(N)CCCS)C(=O)S(=P)NN)C(=O)NCC(C)O.[Cl-]. The predicted molar refractivity (Wildman–Crippen MR) is 159 cm³/mol. The largest absolute Gasteiger partial charge is 1.00 e. The lowest BCUT2D eigenvalue weighted by molar-refractivity contribution is -0.499. The second kappa shape index (κ2) is 17.6. The van der Waals surface area contributed by atoms with E-state index in [1.165, 1.54) is 0 Å². The zero-order valence-corrected chi connectivity index (χ0v) is 27.8. The summed E-state index contributed by atoms with van der Waals surface area (Å²) in [6.07, 6.45) is 1.51. The van der Waals surface area contributed by atoms with Gasteiger partial charge in [0.1, 0.15) is 0 Å². The molecule has 5 atom stereocenters. The molecule has 0 fully saturated rings. The molecule has 1 amide bonds. The highest BCUT2D eigenvalue weighted by molar-refractivity contribution is 8.25. The lowest BCUT2D eigenvalue weighted by Gasteiger charge is -2.41. The van der Waals surface area contributed by atoms with E-state index in [2.05, 4.69) is 48.7 Å². The number of carbonyl (C=O) groups excluding carboxylic acids is 3. The summed E-state index contributed by atoms with van der Waals surface area (Å²) in [6, 6.07) is 0. The van der Waals surface area contributed by atoms with Crippen LogP contribution in [-0.4, -0.2) is 45.5 Å². The molecule has 0 saturated heterocycles. The van der Waals surface area contributed by atoms with Gasteiger partial charge in [0.25, 0.3) is 5.84 Å². The van der Waals surface area contributed by atoms with Gasteiger partial charge in [-0.15, -0.1) is 0 Å². The quantitative estimate of drug-likeness (QED) is 0.0222. The Morgan fingerprint density at radius 2 is 1.65 bits per heavy atom. The number of halogens is 1. The van der Waals surface area contributed by atoms with E-state index in [9.17, 15) is 19.5 Å². The average molecular weight is 639 g/mol. The molecule has 0 radical (unpaired) electrons. The van der Waals surface area contributed by atoms with Crippen LogP contribution in [0, 0.1) is 16.2 Å². The molecule has 0 bridgehead atoms. The first-order chi connectivity index (χ1) is 16.5. The van der Waals surface area contributed by atoms with E-state index in [0.717, 1.165) is 6.42 Å². The summed E-state index contributed by atoms with van der Waals surface area (Å²) in [6.45, 7) is 10.7. The van der Waals surface area contributed by atoms with E-state index in [1.807, 2.05) is 6.92 Å². The predicted octanol–water partition coefficient (Wildman–Crippen LogP) is -2.93. The van der Waals surface area contributed by atoms with E-state index in [4.69, 9.17) is 11.6 Å². The normalized spacial score (nSPS) is 17.8. The maximum absolute atomic E-state index is 13.5. The Labute approximate surface area is 242 Å². The Hall–Kier alpha value is -0.100. The molecule has 0 aliphatic heterocycles. The van der Waals surface area contributed by atoms with Gasteiger partial charge in [-0.3, -0.25) is 26.0 Å². The first kappa shape index (κ1) is 39.0. The molecule has 5 unspecified atom stereocenters. The molecule has 0 spiro atoms. The van der Waals surface area contributed by atoms with Gasteiger partial charge in [-0.2, -0.15) is 22.6 Å². The Morgan fingerprint density at radius 1 is 1.08 bits per heavy atom. The summed E-state index contributed by atoms with van der Waals surface area (Å²) in [4.78, 5) is 45.4. The standard InChI is InChI=1S/C21H44N6O4P2S3.ClH/c1-7-20(5,16(29)24-11-14(2)28)13-21(6,18(31)35(32)26-23)12-19(3,4)17(30)36(33)27-25-15(22)9-8-10-34;/h14,26-28,32-34H,7-13,23H2,1-6H3,(H2,22,25)(H,24,29);1H. The van der Waals surface area contributed by atoms with Crippen molar-refractivity contribution < 1.29 is 37.0 Å². The second-order valence-corrected chi connectivity index (χ2v) is 15.5. The molecule has 0 heterocycles. The number of carbonyl (C=O) groups is 3. The zero-order valence-electron chi connectivity index (χ0n) is 22.5. The van der Waals surface area contributed by atoms with Crippen molar-refractivity contribution in [3.05, 3.63) is 0 Å². The molecule has 10 nitrogen and oxygen atoms in total. The number of hydrogen-bond donors (Lipinski definition) is 8. The Balaban J connectivity index is 0. The van der Waals surface area contributed by atoms with Crippen LogP contribution in [0.3, 0.4) is 0 Å². The minimum atomic E-state index is -1.18. The highest BCUT2D eigenvalue weighted by Gasteiger charge is 2.48. The van der Waals surface area contributed by atoms with Crippen LogP contribution in [-0.2, 0) is 34.9 Å². The van der Waals surface area contributed by atoms with Crippen LogP contribution in [0.1, 0.15) is 73.6 Å². The smallest absolute Gasteiger partial charge is 0.264 e. The van der Waals surface area contributed by atoms with Crippen molar-refractivity contribution in [2.24, 2.45) is 27.8 Å². The third kappa shape index (κ3) is 12.7. The number of rotatable bonds is 16. The molecule has 9 N–H and O–H groups in total. The number of nitrogens with two attached hydrogens (primary N) is 2. The summed E-state index contributed by atoms with van der Waals surface area (Å²) in [5.41, 5.74) is 2.95. The molecule has 37 heavy (non-hydrogen) atoms. The minimum absolute atomic E-state index is 0. The van der Waals surface area contributed by atoms with Crippen molar-refractivity contribution in [1.82, 2.24) is 15.0 Å². The second-order valence-electron chi connectivity index (χ2n) is 10.2. The number of hydrazine groups is 2. The lowest BCUT2D eigenvalue weighted by atomic mass is 9.65. The first-order valence-electron chi connectivity index (χ1n) is 11.7. The van der Waals surface area contributed by atoms with Crippen molar-refractivity contribution >= 4 is 71.2 Å². The Morgan fingerprint density at radius 3 is 2.11 bits per heavy atom. The number of amides is 1. The summed E-state index contributed by atoms with van der Waals surface area (Å²) < 4.78 is 0. The zero-order chi connectivity index (χ0) is 28.3. The van der Waals surface area contributed by atoms with E-state index in [0.29, 0.717) is 24.4 Å². The van der Waals surface area contributed by atoms with Crippen molar-refractivity contribution in [3.63, 3.8) is 0 Å². The molecule has 0 aliphatic rings. The molecule has 218 valence electrons. The van der Waals surface area contributed by atoms with Gasteiger partial charge in [-0.05, 0) is 48.6 Å². The monoisotopic (exact) mass is 638 g/mol. The number of thiol groups is 1. The molecular formula is C21H45ClN6O4P2S3. The van der Waals surface area contributed by atoms with E-state index >= 15 is 0 Å². The maximum atomic E-state index is 13.5. The van der Waals surface area contributed by atoms with Crippen LogP contribution >= 0.6 is 28.7 Å². The fourth-order valence-electron chi connectivity index (χ4n) is 4.01. The minimum Gasteiger partial charge on any atom is -1.00 e. The molecule has 16 heteroatoms. The summed E-state index contributed by atoms with van der Waals surface area (Å²) >= 11 is 4.16. The van der Waals surface area contributed by atoms with Crippen LogP contribution in [0.25, 0.3) is 0 Å². The van der Waals surface area contributed by atoms with E-state index in [1.54, 1.807) is 34.6 Å².